The lowest BCUT2D eigenvalue weighted by Gasteiger charge is -2.23. The van der Waals surface area contributed by atoms with Crippen molar-refractivity contribution in [1.29, 1.82) is 0 Å². The molecular formula is C13H26N2OS. The van der Waals surface area contributed by atoms with Crippen LogP contribution in [0.2, 0.25) is 0 Å². The van der Waals surface area contributed by atoms with Gasteiger partial charge in [-0.25, -0.2) is 0 Å². The number of amides is 1. The number of likely N-dealkylation sites (tertiary alicyclic amines) is 1. The van der Waals surface area contributed by atoms with Crippen LogP contribution in [0, 0.1) is 0 Å². The molecule has 100 valence electrons. The van der Waals surface area contributed by atoms with Gasteiger partial charge in [0.05, 0.1) is 0 Å². The van der Waals surface area contributed by atoms with Gasteiger partial charge in [-0.3, -0.25) is 4.79 Å². The van der Waals surface area contributed by atoms with E-state index in [1.807, 2.05) is 4.90 Å². The Morgan fingerprint density at radius 2 is 1.94 bits per heavy atom. The van der Waals surface area contributed by atoms with E-state index >= 15 is 0 Å². The van der Waals surface area contributed by atoms with Crippen LogP contribution in [0.4, 0.5) is 0 Å². The van der Waals surface area contributed by atoms with E-state index in [2.05, 4.69) is 31.4 Å². The molecule has 0 aromatic carbocycles. The Morgan fingerprint density at radius 1 is 1.29 bits per heavy atom. The summed E-state index contributed by atoms with van der Waals surface area (Å²) in [6.45, 7) is 9.65. The minimum absolute atomic E-state index is 0.255. The van der Waals surface area contributed by atoms with Crippen LogP contribution in [0.3, 0.4) is 0 Å². The van der Waals surface area contributed by atoms with Crippen LogP contribution >= 0.6 is 12.6 Å². The summed E-state index contributed by atoms with van der Waals surface area (Å²) in [5.41, 5.74) is 0. The van der Waals surface area contributed by atoms with Crippen molar-refractivity contribution >= 4 is 18.5 Å². The molecule has 1 aliphatic rings. The molecule has 1 heterocycles. The largest absolute Gasteiger partial charge is 0.342 e. The van der Waals surface area contributed by atoms with Crippen LogP contribution in [-0.2, 0) is 4.79 Å². The molecule has 0 N–H and O–H groups in total. The number of rotatable bonds is 8. The summed E-state index contributed by atoms with van der Waals surface area (Å²) in [5.74, 6) is 0.280. The quantitative estimate of drug-likeness (QED) is 0.674. The standard InChI is InChI=1S/C13H26N2OS/c1-3-6-14(7-4-2)8-5-9-15-11-12(17)10-13(15)16/h12,17H,3-11H2,1-2H3. The molecule has 0 bridgehead atoms. The van der Waals surface area contributed by atoms with Crippen molar-refractivity contribution < 1.29 is 4.79 Å². The van der Waals surface area contributed by atoms with Crippen molar-refractivity contribution in [2.24, 2.45) is 0 Å². The number of thiol groups is 1. The number of hydrogen-bond acceptors (Lipinski definition) is 3. The Kier molecular flexibility index (Phi) is 6.97. The zero-order valence-electron chi connectivity index (χ0n) is 11.2. The van der Waals surface area contributed by atoms with Gasteiger partial charge in [-0.15, -0.1) is 0 Å². The van der Waals surface area contributed by atoms with Crippen LogP contribution < -0.4 is 0 Å². The van der Waals surface area contributed by atoms with Crippen LogP contribution in [0.25, 0.3) is 0 Å². The minimum atomic E-state index is 0.255. The Labute approximate surface area is 111 Å². The van der Waals surface area contributed by atoms with Crippen LogP contribution in [0.1, 0.15) is 39.5 Å². The lowest BCUT2D eigenvalue weighted by atomic mass is 10.3. The van der Waals surface area contributed by atoms with Gasteiger partial charge in [-0.1, -0.05) is 13.8 Å². The van der Waals surface area contributed by atoms with E-state index in [0.29, 0.717) is 6.42 Å². The van der Waals surface area contributed by atoms with Crippen LogP contribution in [0.15, 0.2) is 0 Å². The van der Waals surface area contributed by atoms with Gasteiger partial charge in [0, 0.05) is 24.8 Å². The first-order valence-corrected chi connectivity index (χ1v) is 7.37. The first kappa shape index (κ1) is 14.8. The highest BCUT2D eigenvalue weighted by molar-refractivity contribution is 7.81. The average Bonchev–Trinajstić information content (AvgIpc) is 2.58. The molecule has 1 aliphatic heterocycles. The van der Waals surface area contributed by atoms with Gasteiger partial charge in [-0.2, -0.15) is 12.6 Å². The first-order chi connectivity index (χ1) is 8.17. The molecule has 0 saturated carbocycles. The maximum Gasteiger partial charge on any atom is 0.223 e. The summed E-state index contributed by atoms with van der Waals surface area (Å²) >= 11 is 4.37. The second-order valence-electron chi connectivity index (χ2n) is 4.89. The topological polar surface area (TPSA) is 23.6 Å². The zero-order valence-corrected chi connectivity index (χ0v) is 12.1. The molecule has 1 rings (SSSR count). The fraction of sp³-hybridized carbons (Fsp3) is 0.923. The van der Waals surface area contributed by atoms with Crippen molar-refractivity contribution in [1.82, 2.24) is 9.80 Å². The summed E-state index contributed by atoms with van der Waals surface area (Å²) in [4.78, 5) is 16.0. The van der Waals surface area contributed by atoms with Gasteiger partial charge in [0.25, 0.3) is 0 Å². The summed E-state index contributed by atoms with van der Waals surface area (Å²) < 4.78 is 0. The van der Waals surface area contributed by atoms with Gasteiger partial charge in [-0.05, 0) is 38.9 Å². The predicted molar refractivity (Wildman–Crippen MR) is 75.6 cm³/mol. The second-order valence-corrected chi connectivity index (χ2v) is 5.62. The number of carbonyl (C=O) groups is 1. The highest BCUT2D eigenvalue weighted by atomic mass is 32.1. The van der Waals surface area contributed by atoms with E-state index in [1.165, 1.54) is 25.9 Å². The number of carbonyl (C=O) groups excluding carboxylic acids is 1. The number of hydrogen-bond donors (Lipinski definition) is 1. The maximum absolute atomic E-state index is 11.6. The van der Waals surface area contributed by atoms with Crippen molar-refractivity contribution in [3.63, 3.8) is 0 Å². The first-order valence-electron chi connectivity index (χ1n) is 6.85. The Hall–Kier alpha value is -0.220. The van der Waals surface area contributed by atoms with Gasteiger partial charge >= 0.3 is 0 Å². The Balaban J connectivity index is 2.19. The SMILES string of the molecule is CCCN(CCC)CCCN1CC(S)CC1=O. The summed E-state index contributed by atoms with van der Waals surface area (Å²) in [5, 5.41) is 0.255. The summed E-state index contributed by atoms with van der Waals surface area (Å²) in [6, 6.07) is 0. The molecule has 1 atom stereocenters. The average molecular weight is 258 g/mol. The Morgan fingerprint density at radius 3 is 2.41 bits per heavy atom. The van der Waals surface area contributed by atoms with Gasteiger partial charge in [0.2, 0.25) is 5.91 Å². The fourth-order valence-corrected chi connectivity index (χ4v) is 2.77. The number of nitrogens with zero attached hydrogens (tertiary/aromatic N) is 2. The molecule has 1 amide bonds. The molecule has 1 fully saturated rings. The van der Waals surface area contributed by atoms with Crippen molar-refractivity contribution in [2.75, 3.05) is 32.7 Å². The van der Waals surface area contributed by atoms with Crippen LogP contribution in [-0.4, -0.2) is 53.7 Å². The highest BCUT2D eigenvalue weighted by Crippen LogP contribution is 2.15. The lowest BCUT2D eigenvalue weighted by molar-refractivity contribution is -0.127. The fourth-order valence-electron chi connectivity index (χ4n) is 2.42. The molecule has 0 aromatic rings. The minimum Gasteiger partial charge on any atom is -0.342 e. The molecule has 0 spiro atoms. The predicted octanol–water partition coefficient (Wildman–Crippen LogP) is 2.03. The molecule has 0 aliphatic carbocycles. The van der Waals surface area contributed by atoms with Crippen LogP contribution in [0.5, 0.6) is 0 Å². The van der Waals surface area contributed by atoms with E-state index in [0.717, 1.165) is 26.1 Å². The third-order valence-corrected chi connectivity index (χ3v) is 3.52. The summed E-state index contributed by atoms with van der Waals surface area (Å²) in [6.07, 6.45) is 4.13. The normalized spacial score (nSPS) is 20.6. The maximum atomic E-state index is 11.6. The summed E-state index contributed by atoms with van der Waals surface area (Å²) in [7, 11) is 0. The smallest absolute Gasteiger partial charge is 0.223 e. The zero-order chi connectivity index (χ0) is 12.7. The van der Waals surface area contributed by atoms with Crippen molar-refractivity contribution in [2.45, 2.75) is 44.8 Å². The van der Waals surface area contributed by atoms with Gasteiger partial charge < -0.3 is 9.80 Å². The molecular weight excluding hydrogens is 232 g/mol. The third-order valence-electron chi connectivity index (χ3n) is 3.18. The molecule has 3 nitrogen and oxygen atoms in total. The van der Waals surface area contributed by atoms with Crippen molar-refractivity contribution in [3.05, 3.63) is 0 Å². The van der Waals surface area contributed by atoms with E-state index in [9.17, 15) is 4.79 Å². The molecule has 0 radical (unpaired) electrons. The molecule has 1 saturated heterocycles. The second kappa shape index (κ2) is 7.98. The van der Waals surface area contributed by atoms with E-state index < -0.39 is 0 Å². The molecule has 4 heteroatoms. The van der Waals surface area contributed by atoms with Gasteiger partial charge in [0.1, 0.15) is 0 Å². The third kappa shape index (κ3) is 5.30. The highest BCUT2D eigenvalue weighted by Gasteiger charge is 2.26. The molecule has 17 heavy (non-hydrogen) atoms. The monoisotopic (exact) mass is 258 g/mol. The Bertz CT molecular complexity index is 229. The van der Waals surface area contributed by atoms with Crippen molar-refractivity contribution in [3.8, 4) is 0 Å². The molecule has 0 aromatic heterocycles. The lowest BCUT2D eigenvalue weighted by Crippen LogP contribution is -2.32. The van der Waals surface area contributed by atoms with Gasteiger partial charge in [0.15, 0.2) is 0 Å². The molecule has 1 unspecified atom stereocenters. The van der Waals surface area contributed by atoms with E-state index in [-0.39, 0.29) is 11.2 Å². The van der Waals surface area contributed by atoms with E-state index in [4.69, 9.17) is 0 Å². The van der Waals surface area contributed by atoms with E-state index in [1.54, 1.807) is 0 Å².